The molecule has 66 valence electrons. The topological polar surface area (TPSA) is 3.24 Å². The minimum absolute atomic E-state index is 0.610. The van der Waals surface area contributed by atoms with Gasteiger partial charge in [-0.15, -0.1) is 0 Å². The number of hydrogen-bond acceptors (Lipinski definition) is 1. The Hall–Kier alpha value is -0.980. The quantitative estimate of drug-likeness (QED) is 0.565. The van der Waals surface area contributed by atoms with Crippen LogP contribution in [0.2, 0.25) is 0 Å². The summed E-state index contributed by atoms with van der Waals surface area (Å²) in [6, 6.07) is 0. The highest BCUT2D eigenvalue weighted by molar-refractivity contribution is 5.24. The Morgan fingerprint density at radius 3 is 2.67 bits per heavy atom. The van der Waals surface area contributed by atoms with Crippen molar-refractivity contribution < 1.29 is 0 Å². The van der Waals surface area contributed by atoms with Crippen LogP contribution in [0.25, 0.3) is 0 Å². The summed E-state index contributed by atoms with van der Waals surface area (Å²) in [5, 5.41) is 0. The molecule has 1 heteroatoms. The molecule has 12 heavy (non-hydrogen) atoms. The molecular formula is C11H17N. The molecule has 0 aromatic carbocycles. The molecule has 1 atom stereocenters. The van der Waals surface area contributed by atoms with Crippen LogP contribution < -0.4 is 0 Å². The van der Waals surface area contributed by atoms with E-state index in [-0.39, 0.29) is 0 Å². The molecule has 1 aliphatic rings. The van der Waals surface area contributed by atoms with Crippen molar-refractivity contribution >= 4 is 0 Å². The van der Waals surface area contributed by atoms with E-state index in [0.29, 0.717) is 5.92 Å². The van der Waals surface area contributed by atoms with E-state index in [4.69, 9.17) is 0 Å². The van der Waals surface area contributed by atoms with Crippen molar-refractivity contribution in [2.45, 2.75) is 13.3 Å². The summed E-state index contributed by atoms with van der Waals surface area (Å²) in [5.74, 6) is 0.610. The summed E-state index contributed by atoms with van der Waals surface area (Å²) in [7, 11) is 4.15. The molecule has 0 aromatic rings. The molecule has 1 aliphatic carbocycles. The molecule has 0 amide bonds. The summed E-state index contributed by atoms with van der Waals surface area (Å²) in [6.07, 6.45) is 12.2. The summed E-state index contributed by atoms with van der Waals surface area (Å²) >= 11 is 0. The van der Waals surface area contributed by atoms with Gasteiger partial charge in [0.05, 0.1) is 0 Å². The van der Waals surface area contributed by atoms with E-state index in [1.807, 2.05) is 0 Å². The fraction of sp³-hybridized carbons (Fsp3) is 0.455. The Morgan fingerprint density at radius 1 is 1.50 bits per heavy atom. The van der Waals surface area contributed by atoms with Crippen LogP contribution in [0, 0.1) is 5.92 Å². The highest BCUT2D eigenvalue weighted by atomic mass is 15.1. The van der Waals surface area contributed by atoms with Gasteiger partial charge in [-0.3, -0.25) is 0 Å². The fourth-order valence-electron chi connectivity index (χ4n) is 1.35. The van der Waals surface area contributed by atoms with Gasteiger partial charge in [-0.25, -0.2) is 0 Å². The Kier molecular flexibility index (Phi) is 3.15. The zero-order valence-corrected chi connectivity index (χ0v) is 8.12. The highest BCUT2D eigenvalue weighted by Crippen LogP contribution is 2.18. The van der Waals surface area contributed by atoms with Gasteiger partial charge < -0.3 is 4.90 Å². The summed E-state index contributed by atoms with van der Waals surface area (Å²) < 4.78 is 0. The van der Waals surface area contributed by atoms with E-state index in [0.717, 1.165) is 6.42 Å². The van der Waals surface area contributed by atoms with E-state index in [1.165, 1.54) is 5.70 Å². The minimum atomic E-state index is 0.610. The van der Waals surface area contributed by atoms with Crippen molar-refractivity contribution in [3.8, 4) is 0 Å². The number of rotatable bonds is 2. The van der Waals surface area contributed by atoms with Crippen LogP contribution in [0.5, 0.6) is 0 Å². The third-order valence-electron chi connectivity index (χ3n) is 2.07. The Bertz CT molecular complexity index is 221. The van der Waals surface area contributed by atoms with Crippen LogP contribution in [0.3, 0.4) is 0 Å². The number of nitrogens with zero attached hydrogens (tertiary/aromatic N) is 1. The SMILES string of the molecule is C/C=C/C1C=CC(N(C)C)=CC1. The van der Waals surface area contributed by atoms with Gasteiger partial charge in [-0.1, -0.05) is 24.3 Å². The van der Waals surface area contributed by atoms with Crippen LogP contribution in [-0.4, -0.2) is 19.0 Å². The number of allylic oxidation sites excluding steroid dienone is 5. The van der Waals surface area contributed by atoms with E-state index >= 15 is 0 Å². The number of likely N-dealkylation sites (N-methyl/N-ethyl adjacent to an activating group) is 1. The molecule has 0 bridgehead atoms. The van der Waals surface area contributed by atoms with Crippen LogP contribution in [0.1, 0.15) is 13.3 Å². The average Bonchev–Trinajstić information content (AvgIpc) is 2.06. The Morgan fingerprint density at radius 2 is 2.25 bits per heavy atom. The van der Waals surface area contributed by atoms with E-state index < -0.39 is 0 Å². The molecule has 0 saturated heterocycles. The van der Waals surface area contributed by atoms with Gasteiger partial charge in [-0.05, 0) is 25.3 Å². The monoisotopic (exact) mass is 163 g/mol. The van der Waals surface area contributed by atoms with Crippen molar-refractivity contribution in [1.29, 1.82) is 0 Å². The van der Waals surface area contributed by atoms with E-state index in [1.54, 1.807) is 0 Å². The third kappa shape index (κ3) is 2.26. The van der Waals surface area contributed by atoms with Crippen molar-refractivity contribution in [2.75, 3.05) is 14.1 Å². The Balaban J connectivity index is 2.55. The number of hydrogen-bond donors (Lipinski definition) is 0. The maximum Gasteiger partial charge on any atom is 0.0317 e. The molecule has 1 rings (SSSR count). The van der Waals surface area contributed by atoms with Gasteiger partial charge in [-0.2, -0.15) is 0 Å². The first-order chi connectivity index (χ1) is 5.74. The van der Waals surface area contributed by atoms with Crippen molar-refractivity contribution in [3.05, 3.63) is 36.1 Å². The molecule has 0 fully saturated rings. The molecule has 0 saturated carbocycles. The highest BCUT2D eigenvalue weighted by Gasteiger charge is 2.05. The molecule has 0 radical (unpaired) electrons. The van der Waals surface area contributed by atoms with Gasteiger partial charge in [0, 0.05) is 19.8 Å². The van der Waals surface area contributed by atoms with Crippen LogP contribution >= 0.6 is 0 Å². The lowest BCUT2D eigenvalue weighted by atomic mass is 9.99. The first-order valence-electron chi connectivity index (χ1n) is 4.42. The molecule has 0 N–H and O–H groups in total. The summed E-state index contributed by atoms with van der Waals surface area (Å²) in [5.41, 5.74) is 1.32. The molecule has 0 aliphatic heterocycles. The van der Waals surface area contributed by atoms with Gasteiger partial charge in [0.25, 0.3) is 0 Å². The zero-order valence-electron chi connectivity index (χ0n) is 8.12. The molecule has 0 spiro atoms. The third-order valence-corrected chi connectivity index (χ3v) is 2.07. The average molecular weight is 163 g/mol. The second-order valence-corrected chi connectivity index (χ2v) is 3.31. The first-order valence-corrected chi connectivity index (χ1v) is 4.42. The largest absolute Gasteiger partial charge is 0.378 e. The normalized spacial score (nSPS) is 22.9. The van der Waals surface area contributed by atoms with Gasteiger partial charge in [0.15, 0.2) is 0 Å². The predicted octanol–water partition coefficient (Wildman–Crippen LogP) is 2.58. The fourth-order valence-corrected chi connectivity index (χ4v) is 1.35. The smallest absolute Gasteiger partial charge is 0.0317 e. The Labute approximate surface area is 75.1 Å². The van der Waals surface area contributed by atoms with E-state index in [9.17, 15) is 0 Å². The van der Waals surface area contributed by atoms with Gasteiger partial charge in [0.1, 0.15) is 0 Å². The molecule has 1 unspecified atom stereocenters. The lowest BCUT2D eigenvalue weighted by Crippen LogP contribution is -2.11. The molecule has 0 aromatic heterocycles. The van der Waals surface area contributed by atoms with Crippen molar-refractivity contribution in [3.63, 3.8) is 0 Å². The summed E-state index contributed by atoms with van der Waals surface area (Å²) in [4.78, 5) is 2.14. The van der Waals surface area contributed by atoms with Crippen LogP contribution in [-0.2, 0) is 0 Å². The lowest BCUT2D eigenvalue weighted by Gasteiger charge is -2.18. The minimum Gasteiger partial charge on any atom is -0.378 e. The van der Waals surface area contributed by atoms with Crippen LogP contribution in [0.4, 0.5) is 0 Å². The van der Waals surface area contributed by atoms with Gasteiger partial charge in [0.2, 0.25) is 0 Å². The first kappa shape index (κ1) is 9.11. The lowest BCUT2D eigenvalue weighted by molar-refractivity contribution is 0.520. The van der Waals surface area contributed by atoms with Gasteiger partial charge >= 0.3 is 0 Å². The standard InChI is InChI=1S/C11H17N/c1-4-5-10-6-8-11(9-7-10)12(2)3/h4-6,8-10H,7H2,1-3H3/b5-4+. The van der Waals surface area contributed by atoms with Crippen molar-refractivity contribution in [1.82, 2.24) is 4.90 Å². The molecule has 1 nitrogen and oxygen atoms in total. The maximum atomic E-state index is 2.28. The maximum absolute atomic E-state index is 2.28. The van der Waals surface area contributed by atoms with E-state index in [2.05, 4.69) is 56.3 Å². The van der Waals surface area contributed by atoms with Crippen molar-refractivity contribution in [2.24, 2.45) is 5.92 Å². The second kappa shape index (κ2) is 4.15. The zero-order chi connectivity index (χ0) is 8.97. The second-order valence-electron chi connectivity index (χ2n) is 3.31. The predicted molar refractivity (Wildman–Crippen MR) is 53.8 cm³/mol. The summed E-state index contributed by atoms with van der Waals surface area (Å²) in [6.45, 7) is 2.07. The molecular weight excluding hydrogens is 146 g/mol. The molecule has 0 heterocycles. The van der Waals surface area contributed by atoms with Crippen LogP contribution in [0.15, 0.2) is 36.1 Å².